The van der Waals surface area contributed by atoms with Crippen LogP contribution in [-0.2, 0) is 11.3 Å². The predicted molar refractivity (Wildman–Crippen MR) is 72.3 cm³/mol. The van der Waals surface area contributed by atoms with E-state index in [-0.39, 0.29) is 17.7 Å². The summed E-state index contributed by atoms with van der Waals surface area (Å²) in [5, 5.41) is 15.2. The van der Waals surface area contributed by atoms with Gasteiger partial charge in [0.15, 0.2) is 0 Å². The number of unbranched alkanes of at least 4 members (excludes halogenated alkanes) is 1. The Morgan fingerprint density at radius 1 is 1.33 bits per heavy atom. The third-order valence-electron chi connectivity index (χ3n) is 2.77. The maximum absolute atomic E-state index is 11.7. The fourth-order valence-corrected chi connectivity index (χ4v) is 1.52. The molecular formula is C14H22N2O2. The zero-order chi connectivity index (χ0) is 13.4. The van der Waals surface area contributed by atoms with Gasteiger partial charge in [-0.1, -0.05) is 25.5 Å². The Morgan fingerprint density at radius 3 is 2.61 bits per heavy atom. The minimum Gasteiger partial charge on any atom is -0.508 e. The maximum Gasteiger partial charge on any atom is 0.236 e. The number of aromatic hydroxyl groups is 1. The standard InChI is InChI=1S/C14H22N2O2/c1-3-4-9-15-14(18)11(2)16-10-12-5-7-13(17)8-6-12/h5-8,11,16-17H,3-4,9-10H2,1-2H3,(H,15,18). The second kappa shape index (κ2) is 7.71. The number of hydrogen-bond donors (Lipinski definition) is 3. The van der Waals surface area contributed by atoms with Crippen molar-refractivity contribution in [2.45, 2.75) is 39.3 Å². The second-order valence-corrected chi connectivity index (χ2v) is 4.41. The first-order chi connectivity index (χ1) is 8.63. The van der Waals surface area contributed by atoms with Crippen molar-refractivity contribution in [2.75, 3.05) is 6.54 Å². The molecule has 3 N–H and O–H groups in total. The molecule has 1 rings (SSSR count). The van der Waals surface area contributed by atoms with E-state index >= 15 is 0 Å². The molecule has 0 spiro atoms. The summed E-state index contributed by atoms with van der Waals surface area (Å²) in [5.74, 6) is 0.284. The SMILES string of the molecule is CCCCNC(=O)C(C)NCc1ccc(O)cc1. The third kappa shape index (κ3) is 5.19. The Balaban J connectivity index is 2.29. The van der Waals surface area contributed by atoms with E-state index < -0.39 is 0 Å². The lowest BCUT2D eigenvalue weighted by Crippen LogP contribution is -2.42. The summed E-state index contributed by atoms with van der Waals surface area (Å²) in [6.45, 7) is 5.30. The molecule has 1 amide bonds. The summed E-state index contributed by atoms with van der Waals surface area (Å²) in [5.41, 5.74) is 1.04. The molecule has 1 aromatic carbocycles. The van der Waals surface area contributed by atoms with Crippen molar-refractivity contribution in [1.82, 2.24) is 10.6 Å². The minimum atomic E-state index is -0.212. The fourth-order valence-electron chi connectivity index (χ4n) is 1.52. The van der Waals surface area contributed by atoms with Crippen molar-refractivity contribution >= 4 is 5.91 Å². The summed E-state index contributed by atoms with van der Waals surface area (Å²) in [7, 11) is 0. The van der Waals surface area contributed by atoms with E-state index in [1.807, 2.05) is 19.1 Å². The van der Waals surface area contributed by atoms with E-state index in [1.165, 1.54) is 0 Å². The number of phenols is 1. The average Bonchev–Trinajstić information content (AvgIpc) is 2.38. The van der Waals surface area contributed by atoms with Crippen LogP contribution in [0, 0.1) is 0 Å². The van der Waals surface area contributed by atoms with Gasteiger partial charge in [0, 0.05) is 13.1 Å². The van der Waals surface area contributed by atoms with Crippen LogP contribution in [0.25, 0.3) is 0 Å². The Morgan fingerprint density at radius 2 is 2.00 bits per heavy atom. The number of nitrogens with one attached hydrogen (secondary N) is 2. The molecule has 1 unspecified atom stereocenters. The lowest BCUT2D eigenvalue weighted by Gasteiger charge is -2.14. The molecule has 1 atom stereocenters. The van der Waals surface area contributed by atoms with Crippen LogP contribution in [0.15, 0.2) is 24.3 Å². The largest absolute Gasteiger partial charge is 0.508 e. The number of hydrogen-bond acceptors (Lipinski definition) is 3. The normalized spacial score (nSPS) is 12.1. The molecule has 0 aliphatic carbocycles. The molecule has 1 aromatic rings. The summed E-state index contributed by atoms with van der Waals surface area (Å²) < 4.78 is 0. The second-order valence-electron chi connectivity index (χ2n) is 4.41. The van der Waals surface area contributed by atoms with Crippen LogP contribution in [0.1, 0.15) is 32.3 Å². The van der Waals surface area contributed by atoms with E-state index in [2.05, 4.69) is 17.6 Å². The van der Waals surface area contributed by atoms with E-state index in [4.69, 9.17) is 5.11 Å². The molecule has 0 saturated heterocycles. The maximum atomic E-state index is 11.7. The van der Waals surface area contributed by atoms with Crippen molar-refractivity contribution in [3.8, 4) is 5.75 Å². The van der Waals surface area contributed by atoms with Gasteiger partial charge in [-0.2, -0.15) is 0 Å². The highest BCUT2D eigenvalue weighted by Gasteiger charge is 2.10. The van der Waals surface area contributed by atoms with Crippen molar-refractivity contribution < 1.29 is 9.90 Å². The number of carbonyl (C=O) groups excluding carboxylic acids is 1. The summed E-state index contributed by atoms with van der Waals surface area (Å²) in [6, 6.07) is 6.75. The number of benzene rings is 1. The highest BCUT2D eigenvalue weighted by Crippen LogP contribution is 2.09. The van der Waals surface area contributed by atoms with E-state index in [0.29, 0.717) is 6.54 Å². The van der Waals surface area contributed by atoms with Gasteiger partial charge in [0.2, 0.25) is 5.91 Å². The number of rotatable bonds is 7. The van der Waals surface area contributed by atoms with Crippen LogP contribution in [0.2, 0.25) is 0 Å². The van der Waals surface area contributed by atoms with Crippen molar-refractivity contribution in [3.05, 3.63) is 29.8 Å². The average molecular weight is 250 g/mol. The third-order valence-corrected chi connectivity index (χ3v) is 2.77. The van der Waals surface area contributed by atoms with Gasteiger partial charge in [-0.3, -0.25) is 4.79 Å². The van der Waals surface area contributed by atoms with Gasteiger partial charge >= 0.3 is 0 Å². The molecule has 0 aliphatic heterocycles. The lowest BCUT2D eigenvalue weighted by atomic mass is 10.2. The van der Waals surface area contributed by atoms with E-state index in [9.17, 15) is 4.79 Å². The first kappa shape index (κ1) is 14.5. The monoisotopic (exact) mass is 250 g/mol. The van der Waals surface area contributed by atoms with Crippen molar-refractivity contribution in [1.29, 1.82) is 0 Å². The molecule has 100 valence electrons. The smallest absolute Gasteiger partial charge is 0.236 e. The van der Waals surface area contributed by atoms with Crippen LogP contribution in [-0.4, -0.2) is 23.6 Å². The summed E-state index contributed by atoms with van der Waals surface area (Å²) in [4.78, 5) is 11.7. The first-order valence-electron chi connectivity index (χ1n) is 6.42. The quantitative estimate of drug-likeness (QED) is 0.646. The molecule has 18 heavy (non-hydrogen) atoms. The van der Waals surface area contributed by atoms with Gasteiger partial charge < -0.3 is 15.7 Å². The van der Waals surface area contributed by atoms with E-state index in [0.717, 1.165) is 24.9 Å². The highest BCUT2D eigenvalue weighted by molar-refractivity contribution is 5.81. The molecule has 0 aromatic heterocycles. The number of carbonyl (C=O) groups is 1. The van der Waals surface area contributed by atoms with Gasteiger partial charge in [-0.05, 0) is 31.0 Å². The summed E-state index contributed by atoms with van der Waals surface area (Å²) in [6.07, 6.45) is 2.09. The van der Waals surface area contributed by atoms with Gasteiger partial charge in [-0.25, -0.2) is 0 Å². The molecule has 0 bridgehead atoms. The van der Waals surface area contributed by atoms with Crippen LogP contribution < -0.4 is 10.6 Å². The number of phenolic OH excluding ortho intramolecular Hbond substituents is 1. The Hall–Kier alpha value is -1.55. The molecule has 0 heterocycles. The zero-order valence-corrected chi connectivity index (χ0v) is 11.1. The van der Waals surface area contributed by atoms with Crippen molar-refractivity contribution in [3.63, 3.8) is 0 Å². The molecular weight excluding hydrogens is 228 g/mol. The Kier molecular flexibility index (Phi) is 6.22. The van der Waals surface area contributed by atoms with Crippen LogP contribution in [0.5, 0.6) is 5.75 Å². The Labute approximate surface area is 108 Å². The molecule has 0 saturated carbocycles. The molecule has 0 fully saturated rings. The van der Waals surface area contributed by atoms with Gasteiger partial charge in [-0.15, -0.1) is 0 Å². The van der Waals surface area contributed by atoms with Crippen LogP contribution in [0.4, 0.5) is 0 Å². The zero-order valence-electron chi connectivity index (χ0n) is 11.1. The topological polar surface area (TPSA) is 61.4 Å². The highest BCUT2D eigenvalue weighted by atomic mass is 16.3. The van der Waals surface area contributed by atoms with E-state index in [1.54, 1.807) is 12.1 Å². The molecule has 4 nitrogen and oxygen atoms in total. The predicted octanol–water partition coefficient (Wildman–Crippen LogP) is 1.79. The first-order valence-corrected chi connectivity index (χ1v) is 6.42. The summed E-state index contributed by atoms with van der Waals surface area (Å²) >= 11 is 0. The van der Waals surface area contributed by atoms with Gasteiger partial charge in [0.05, 0.1) is 6.04 Å². The lowest BCUT2D eigenvalue weighted by molar-refractivity contribution is -0.122. The molecule has 0 radical (unpaired) electrons. The Bertz CT molecular complexity index is 363. The number of amides is 1. The van der Waals surface area contributed by atoms with Gasteiger partial charge in [0.25, 0.3) is 0 Å². The fraction of sp³-hybridized carbons (Fsp3) is 0.500. The van der Waals surface area contributed by atoms with Crippen molar-refractivity contribution in [2.24, 2.45) is 0 Å². The minimum absolute atomic E-state index is 0.0298. The molecule has 4 heteroatoms. The molecule has 0 aliphatic rings. The van der Waals surface area contributed by atoms with Crippen LogP contribution >= 0.6 is 0 Å². The van der Waals surface area contributed by atoms with Crippen LogP contribution in [0.3, 0.4) is 0 Å². The van der Waals surface area contributed by atoms with Gasteiger partial charge in [0.1, 0.15) is 5.75 Å².